The fourth-order valence-electron chi connectivity index (χ4n) is 4.96. The van der Waals surface area contributed by atoms with Crippen molar-refractivity contribution in [2.24, 2.45) is 16.7 Å². The van der Waals surface area contributed by atoms with Gasteiger partial charge in [-0.2, -0.15) is 5.84 Å². The average Bonchev–Trinajstić information content (AvgIpc) is 2.74. The van der Waals surface area contributed by atoms with Crippen LogP contribution in [-0.2, 0) is 0 Å². The zero-order valence-corrected chi connectivity index (χ0v) is 15.9. The van der Waals surface area contributed by atoms with Gasteiger partial charge in [0, 0.05) is 5.41 Å². The van der Waals surface area contributed by atoms with Gasteiger partial charge in [0.25, 0.3) is 0 Å². The van der Waals surface area contributed by atoms with Crippen LogP contribution in [0.2, 0.25) is 0 Å². The molecule has 0 spiro atoms. The molecule has 0 aliphatic heterocycles. The molecule has 2 nitrogen and oxygen atoms in total. The number of nitrogens with two attached hydrogens (primary N) is 1. The first-order valence-electron chi connectivity index (χ1n) is 9.40. The third-order valence-electron chi connectivity index (χ3n) is 6.71. The molecule has 1 fully saturated rings. The summed E-state index contributed by atoms with van der Waals surface area (Å²) in [5, 5.41) is 0. The van der Waals surface area contributed by atoms with Gasteiger partial charge in [-0.05, 0) is 49.2 Å². The van der Waals surface area contributed by atoms with Gasteiger partial charge in [-0.25, -0.2) is 4.59 Å². The molecule has 23 heavy (non-hydrogen) atoms. The Morgan fingerprint density at radius 2 is 2.00 bits per heavy atom. The van der Waals surface area contributed by atoms with Crippen LogP contribution in [0.1, 0.15) is 66.2 Å². The fraction of sp³-hybridized carbons (Fsp3) is 0.714. The molecule has 0 heterocycles. The minimum absolute atomic E-state index is 0.323. The highest BCUT2D eigenvalue weighted by Crippen LogP contribution is 2.56. The summed E-state index contributed by atoms with van der Waals surface area (Å²) in [6.45, 7) is 10.6. The number of quaternary nitrogens is 1. The maximum atomic E-state index is 6.82. The van der Waals surface area contributed by atoms with E-state index in [-0.39, 0.29) is 0 Å². The average molecular weight is 318 g/mol. The first-order chi connectivity index (χ1) is 10.7. The second-order valence-electron chi connectivity index (χ2n) is 8.69. The summed E-state index contributed by atoms with van der Waals surface area (Å²) in [7, 11) is 2.21. The Balaban J connectivity index is 2.11. The normalized spacial score (nSPS) is 31.1. The summed E-state index contributed by atoms with van der Waals surface area (Å²) in [5.41, 5.74) is 2.03. The van der Waals surface area contributed by atoms with E-state index in [0.717, 1.165) is 19.4 Å². The molecule has 0 aromatic rings. The molecule has 0 saturated heterocycles. The lowest BCUT2D eigenvalue weighted by Crippen LogP contribution is -2.65. The lowest BCUT2D eigenvalue weighted by molar-refractivity contribution is -0.948. The molecule has 2 heteroatoms. The van der Waals surface area contributed by atoms with Crippen molar-refractivity contribution in [3.63, 3.8) is 0 Å². The molecule has 0 aromatic heterocycles. The van der Waals surface area contributed by atoms with E-state index in [1.54, 1.807) is 0 Å². The Labute approximate surface area is 143 Å². The number of hydrogen-bond donors (Lipinski definition) is 1. The van der Waals surface area contributed by atoms with E-state index in [2.05, 4.69) is 65.1 Å². The molecule has 3 atom stereocenters. The van der Waals surface area contributed by atoms with Crippen LogP contribution >= 0.6 is 0 Å². The summed E-state index contributed by atoms with van der Waals surface area (Å²) in [5.74, 6) is 6.82. The van der Waals surface area contributed by atoms with Crippen LogP contribution in [0, 0.1) is 10.8 Å². The van der Waals surface area contributed by atoms with Crippen LogP contribution < -0.4 is 5.84 Å². The van der Waals surface area contributed by atoms with Crippen molar-refractivity contribution in [2.45, 2.75) is 72.3 Å². The van der Waals surface area contributed by atoms with E-state index in [1.807, 2.05) is 0 Å². The maximum absolute atomic E-state index is 6.82. The van der Waals surface area contributed by atoms with Crippen LogP contribution in [0.15, 0.2) is 36.0 Å². The molecule has 130 valence electrons. The second-order valence-corrected chi connectivity index (χ2v) is 8.69. The topological polar surface area (TPSA) is 26.0 Å². The lowest BCUT2D eigenvalue weighted by Gasteiger charge is -2.50. The van der Waals surface area contributed by atoms with Gasteiger partial charge >= 0.3 is 0 Å². The van der Waals surface area contributed by atoms with Gasteiger partial charge < -0.3 is 0 Å². The molecule has 0 amide bonds. The van der Waals surface area contributed by atoms with Crippen molar-refractivity contribution >= 4 is 0 Å². The number of rotatable bonds is 6. The summed E-state index contributed by atoms with van der Waals surface area (Å²) in [6, 6.07) is 0.500. The third-order valence-corrected chi connectivity index (χ3v) is 6.71. The summed E-state index contributed by atoms with van der Waals surface area (Å²) < 4.78 is 0.601. The third kappa shape index (κ3) is 3.80. The highest BCUT2D eigenvalue weighted by atomic mass is 15.6. The van der Waals surface area contributed by atoms with E-state index in [0.29, 0.717) is 21.5 Å². The molecule has 2 aliphatic rings. The van der Waals surface area contributed by atoms with Gasteiger partial charge in [0.1, 0.15) is 12.6 Å². The molecule has 2 aliphatic carbocycles. The van der Waals surface area contributed by atoms with E-state index < -0.39 is 0 Å². The second kappa shape index (κ2) is 6.94. The monoisotopic (exact) mass is 317 g/mol. The van der Waals surface area contributed by atoms with Crippen molar-refractivity contribution in [2.75, 3.05) is 13.6 Å². The van der Waals surface area contributed by atoms with E-state index in [1.165, 1.54) is 31.3 Å². The zero-order chi connectivity index (χ0) is 17.1. The molecule has 2 rings (SSSR count). The standard InChI is InChI=1S/C21H37N2/c1-6-19(21(4)16-11-15-20(21,2)3)23(5,22)17-10-14-18-12-8-7-9-13-18/h8,10,12-14,19H,6-7,9,11,15-17,22H2,1-5H3/q+1/b14-10+. The molecular formula is C21H37N2+. The van der Waals surface area contributed by atoms with Gasteiger partial charge in [-0.3, -0.25) is 0 Å². The fourth-order valence-corrected chi connectivity index (χ4v) is 4.96. The minimum Gasteiger partial charge on any atom is -0.245 e. The number of nitrogens with zero attached hydrogens (tertiary/aromatic N) is 1. The Bertz CT molecular complexity index is 496. The van der Waals surface area contributed by atoms with Crippen molar-refractivity contribution in [1.82, 2.24) is 0 Å². The van der Waals surface area contributed by atoms with Crippen molar-refractivity contribution in [3.05, 3.63) is 36.0 Å². The molecule has 0 radical (unpaired) electrons. The minimum atomic E-state index is 0.323. The highest BCUT2D eigenvalue weighted by molar-refractivity contribution is 5.32. The maximum Gasteiger partial charge on any atom is 0.115 e. The summed E-state index contributed by atoms with van der Waals surface area (Å²) >= 11 is 0. The predicted octanol–water partition coefficient (Wildman–Crippen LogP) is 5.13. The Morgan fingerprint density at radius 3 is 2.52 bits per heavy atom. The van der Waals surface area contributed by atoms with Crippen LogP contribution in [-0.4, -0.2) is 24.2 Å². The number of likely N-dealkylation sites (N-methyl/N-ethyl adjacent to an activating group) is 1. The SMILES string of the molecule is CCC(C1(C)CCCC1(C)C)[N+](C)(N)C/C=C/C1=CCCC=C1. The molecule has 3 unspecified atom stereocenters. The van der Waals surface area contributed by atoms with E-state index in [9.17, 15) is 0 Å². The van der Waals surface area contributed by atoms with Gasteiger partial charge in [-0.15, -0.1) is 0 Å². The quantitative estimate of drug-likeness (QED) is 0.410. The Morgan fingerprint density at radius 1 is 1.26 bits per heavy atom. The Hall–Kier alpha value is -0.860. The Kier molecular flexibility index (Phi) is 5.58. The van der Waals surface area contributed by atoms with Crippen LogP contribution in [0.4, 0.5) is 0 Å². The van der Waals surface area contributed by atoms with Crippen LogP contribution in [0.25, 0.3) is 0 Å². The van der Waals surface area contributed by atoms with E-state index >= 15 is 0 Å². The smallest absolute Gasteiger partial charge is 0.115 e. The zero-order valence-electron chi connectivity index (χ0n) is 15.9. The summed E-state index contributed by atoms with van der Waals surface area (Å²) in [6.07, 6.45) is 18.8. The highest BCUT2D eigenvalue weighted by Gasteiger charge is 2.55. The first kappa shape index (κ1) is 18.5. The van der Waals surface area contributed by atoms with Gasteiger partial charge in [-0.1, -0.05) is 58.4 Å². The summed E-state index contributed by atoms with van der Waals surface area (Å²) in [4.78, 5) is 0. The molecule has 2 N–H and O–H groups in total. The van der Waals surface area contributed by atoms with Gasteiger partial charge in [0.15, 0.2) is 0 Å². The van der Waals surface area contributed by atoms with E-state index in [4.69, 9.17) is 5.84 Å². The van der Waals surface area contributed by atoms with Crippen LogP contribution in [0.3, 0.4) is 0 Å². The van der Waals surface area contributed by atoms with Crippen molar-refractivity contribution in [1.29, 1.82) is 0 Å². The lowest BCUT2D eigenvalue weighted by atomic mass is 9.63. The van der Waals surface area contributed by atoms with Crippen LogP contribution in [0.5, 0.6) is 0 Å². The number of allylic oxidation sites excluding steroid dienone is 5. The first-order valence-corrected chi connectivity index (χ1v) is 9.40. The predicted molar refractivity (Wildman–Crippen MR) is 101 cm³/mol. The van der Waals surface area contributed by atoms with Gasteiger partial charge in [0.05, 0.1) is 7.05 Å². The molecular weight excluding hydrogens is 280 g/mol. The molecule has 0 aromatic carbocycles. The molecule has 1 saturated carbocycles. The largest absolute Gasteiger partial charge is 0.245 e. The molecule has 0 bridgehead atoms. The van der Waals surface area contributed by atoms with Crippen molar-refractivity contribution in [3.8, 4) is 0 Å². The number of hydrogen-bond acceptors (Lipinski definition) is 1. The van der Waals surface area contributed by atoms with Crippen molar-refractivity contribution < 1.29 is 4.59 Å². The van der Waals surface area contributed by atoms with Gasteiger partial charge in [0.2, 0.25) is 0 Å².